The van der Waals surface area contributed by atoms with Crippen molar-refractivity contribution in [2.75, 3.05) is 43.6 Å². The van der Waals surface area contributed by atoms with Crippen molar-refractivity contribution >= 4 is 17.3 Å². The van der Waals surface area contributed by atoms with Gasteiger partial charge in [0.1, 0.15) is 11.5 Å². The quantitative estimate of drug-likeness (QED) is 0.547. The molecule has 0 aliphatic carbocycles. The second kappa shape index (κ2) is 10.7. The minimum Gasteiger partial charge on any atom is -0.497 e. The molecule has 0 saturated carbocycles. The Morgan fingerprint density at radius 1 is 1.12 bits per heavy atom. The molecule has 0 aromatic heterocycles. The standard InChI is InChI=1S/C26H35N3O3/c1-20-7-4-13-28(20)14-6-16-32-25-12-11-23(29-15-5-10-26(29)30)17-21(25)19-27-22-8-3-9-24(18-22)31-2/h3,8-9,11-12,17-18,20,27H,4-7,10,13-16,19H2,1-2H3. The van der Waals surface area contributed by atoms with E-state index >= 15 is 0 Å². The molecule has 32 heavy (non-hydrogen) atoms. The number of rotatable bonds is 10. The van der Waals surface area contributed by atoms with Crippen LogP contribution in [0.2, 0.25) is 0 Å². The van der Waals surface area contributed by atoms with Gasteiger partial charge in [0.25, 0.3) is 0 Å². The summed E-state index contributed by atoms with van der Waals surface area (Å²) in [6.45, 7) is 6.69. The van der Waals surface area contributed by atoms with Gasteiger partial charge in [-0.15, -0.1) is 0 Å². The molecule has 6 nitrogen and oxygen atoms in total. The molecule has 4 rings (SSSR count). The van der Waals surface area contributed by atoms with E-state index in [1.807, 2.05) is 41.3 Å². The molecule has 172 valence electrons. The highest BCUT2D eigenvalue weighted by atomic mass is 16.5. The van der Waals surface area contributed by atoms with E-state index in [1.165, 1.54) is 19.4 Å². The number of nitrogens with zero attached hydrogens (tertiary/aromatic N) is 2. The van der Waals surface area contributed by atoms with Crippen molar-refractivity contribution in [3.8, 4) is 11.5 Å². The second-order valence-electron chi connectivity index (χ2n) is 8.76. The van der Waals surface area contributed by atoms with Crippen LogP contribution >= 0.6 is 0 Å². The Morgan fingerprint density at radius 2 is 2.03 bits per heavy atom. The highest BCUT2D eigenvalue weighted by Crippen LogP contribution is 2.29. The summed E-state index contributed by atoms with van der Waals surface area (Å²) in [7, 11) is 1.67. The highest BCUT2D eigenvalue weighted by molar-refractivity contribution is 5.95. The SMILES string of the molecule is COc1cccc(NCc2cc(N3CCCC3=O)ccc2OCCCN2CCCC2C)c1. The number of benzene rings is 2. The summed E-state index contributed by atoms with van der Waals surface area (Å²) in [6.07, 6.45) is 5.17. The Kier molecular flexibility index (Phi) is 7.53. The van der Waals surface area contributed by atoms with E-state index in [1.54, 1.807) is 7.11 Å². The molecule has 1 amide bonds. The van der Waals surface area contributed by atoms with Gasteiger partial charge in [-0.3, -0.25) is 4.79 Å². The predicted molar refractivity (Wildman–Crippen MR) is 129 cm³/mol. The van der Waals surface area contributed by atoms with E-state index < -0.39 is 0 Å². The van der Waals surface area contributed by atoms with Gasteiger partial charge in [0.15, 0.2) is 0 Å². The van der Waals surface area contributed by atoms with Gasteiger partial charge in [-0.25, -0.2) is 0 Å². The molecule has 0 bridgehead atoms. The van der Waals surface area contributed by atoms with Crippen LogP contribution in [0.1, 0.15) is 44.6 Å². The largest absolute Gasteiger partial charge is 0.497 e. The number of ether oxygens (including phenoxy) is 2. The smallest absolute Gasteiger partial charge is 0.227 e. The molecule has 2 fully saturated rings. The fourth-order valence-electron chi connectivity index (χ4n) is 4.64. The van der Waals surface area contributed by atoms with Crippen LogP contribution in [0.3, 0.4) is 0 Å². The molecule has 1 unspecified atom stereocenters. The molecule has 2 saturated heterocycles. The van der Waals surface area contributed by atoms with Crippen LogP contribution < -0.4 is 19.7 Å². The van der Waals surface area contributed by atoms with Gasteiger partial charge >= 0.3 is 0 Å². The lowest BCUT2D eigenvalue weighted by atomic mass is 10.1. The van der Waals surface area contributed by atoms with E-state index in [2.05, 4.69) is 23.2 Å². The fourth-order valence-corrected chi connectivity index (χ4v) is 4.64. The summed E-state index contributed by atoms with van der Waals surface area (Å²) in [4.78, 5) is 16.7. The van der Waals surface area contributed by atoms with Crippen molar-refractivity contribution in [1.29, 1.82) is 0 Å². The number of carbonyl (C=O) groups is 1. The maximum absolute atomic E-state index is 12.2. The minimum absolute atomic E-state index is 0.199. The Morgan fingerprint density at radius 3 is 2.78 bits per heavy atom. The van der Waals surface area contributed by atoms with E-state index in [9.17, 15) is 4.79 Å². The number of anilines is 2. The summed E-state index contributed by atoms with van der Waals surface area (Å²) >= 11 is 0. The zero-order valence-corrected chi connectivity index (χ0v) is 19.3. The summed E-state index contributed by atoms with van der Waals surface area (Å²) in [5.41, 5.74) is 2.99. The highest BCUT2D eigenvalue weighted by Gasteiger charge is 2.23. The van der Waals surface area contributed by atoms with Gasteiger partial charge < -0.3 is 24.6 Å². The first-order chi connectivity index (χ1) is 15.6. The molecule has 1 N–H and O–H groups in total. The topological polar surface area (TPSA) is 54.0 Å². The van der Waals surface area contributed by atoms with Crippen molar-refractivity contribution in [2.45, 2.75) is 51.6 Å². The van der Waals surface area contributed by atoms with Crippen molar-refractivity contribution in [2.24, 2.45) is 0 Å². The summed E-state index contributed by atoms with van der Waals surface area (Å²) in [5.74, 6) is 1.90. The Balaban J connectivity index is 1.43. The van der Waals surface area contributed by atoms with Crippen LogP contribution in [0.5, 0.6) is 11.5 Å². The number of carbonyl (C=O) groups excluding carboxylic acids is 1. The molecule has 0 radical (unpaired) electrons. The van der Waals surface area contributed by atoms with Gasteiger partial charge in [0, 0.05) is 55.1 Å². The number of nitrogens with one attached hydrogen (secondary N) is 1. The molecule has 0 spiro atoms. The average Bonchev–Trinajstić information content (AvgIpc) is 3.43. The minimum atomic E-state index is 0.199. The Labute approximate surface area is 191 Å². The van der Waals surface area contributed by atoms with Crippen LogP contribution in [0.15, 0.2) is 42.5 Å². The summed E-state index contributed by atoms with van der Waals surface area (Å²) in [5, 5.41) is 3.47. The fraction of sp³-hybridized carbons (Fsp3) is 0.500. The lowest BCUT2D eigenvalue weighted by Crippen LogP contribution is -2.28. The third kappa shape index (κ3) is 5.54. The Hall–Kier alpha value is -2.73. The van der Waals surface area contributed by atoms with Crippen molar-refractivity contribution in [1.82, 2.24) is 4.90 Å². The van der Waals surface area contributed by atoms with Gasteiger partial charge in [-0.2, -0.15) is 0 Å². The monoisotopic (exact) mass is 437 g/mol. The van der Waals surface area contributed by atoms with Crippen LogP contribution in [0, 0.1) is 0 Å². The number of hydrogen-bond acceptors (Lipinski definition) is 5. The molecule has 2 aliphatic heterocycles. The van der Waals surface area contributed by atoms with Gasteiger partial charge in [0.2, 0.25) is 5.91 Å². The predicted octanol–water partition coefficient (Wildman–Crippen LogP) is 4.69. The molecule has 2 aromatic carbocycles. The van der Waals surface area contributed by atoms with Crippen LogP contribution in [0.25, 0.3) is 0 Å². The number of likely N-dealkylation sites (tertiary alicyclic amines) is 1. The maximum atomic E-state index is 12.2. The number of amides is 1. The van der Waals surface area contributed by atoms with Crippen LogP contribution in [-0.2, 0) is 11.3 Å². The van der Waals surface area contributed by atoms with Gasteiger partial charge in [-0.1, -0.05) is 6.07 Å². The third-order valence-electron chi connectivity index (χ3n) is 6.52. The lowest BCUT2D eigenvalue weighted by Gasteiger charge is -2.22. The van der Waals surface area contributed by atoms with Crippen LogP contribution in [-0.4, -0.2) is 50.2 Å². The van der Waals surface area contributed by atoms with Crippen molar-refractivity contribution in [3.05, 3.63) is 48.0 Å². The first kappa shape index (κ1) is 22.5. The zero-order chi connectivity index (χ0) is 22.3. The molecule has 2 aliphatic rings. The van der Waals surface area contributed by atoms with Crippen LogP contribution in [0.4, 0.5) is 11.4 Å². The third-order valence-corrected chi connectivity index (χ3v) is 6.52. The zero-order valence-electron chi connectivity index (χ0n) is 19.3. The molecule has 1 atom stereocenters. The first-order valence-electron chi connectivity index (χ1n) is 11.8. The number of methoxy groups -OCH3 is 1. The maximum Gasteiger partial charge on any atom is 0.227 e. The second-order valence-corrected chi connectivity index (χ2v) is 8.76. The van der Waals surface area contributed by atoms with E-state index in [4.69, 9.17) is 9.47 Å². The molecule has 2 aromatic rings. The number of hydrogen-bond donors (Lipinski definition) is 1. The summed E-state index contributed by atoms with van der Waals surface area (Å²) < 4.78 is 11.5. The Bertz CT molecular complexity index is 917. The van der Waals surface area contributed by atoms with E-state index in [-0.39, 0.29) is 5.91 Å². The molecule has 2 heterocycles. The molecule has 6 heteroatoms. The molecular formula is C26H35N3O3. The van der Waals surface area contributed by atoms with Gasteiger partial charge in [-0.05, 0) is 69.5 Å². The van der Waals surface area contributed by atoms with Crippen molar-refractivity contribution in [3.63, 3.8) is 0 Å². The van der Waals surface area contributed by atoms with E-state index in [0.29, 0.717) is 25.6 Å². The van der Waals surface area contributed by atoms with Gasteiger partial charge in [0.05, 0.1) is 13.7 Å². The average molecular weight is 438 g/mol. The molecular weight excluding hydrogens is 402 g/mol. The van der Waals surface area contributed by atoms with Crippen molar-refractivity contribution < 1.29 is 14.3 Å². The first-order valence-corrected chi connectivity index (χ1v) is 11.8. The van der Waals surface area contributed by atoms with E-state index in [0.717, 1.165) is 54.4 Å². The summed E-state index contributed by atoms with van der Waals surface area (Å²) in [6, 6.07) is 14.7. The lowest BCUT2D eigenvalue weighted by molar-refractivity contribution is -0.117. The normalized spacial score (nSPS) is 18.9.